The van der Waals surface area contributed by atoms with Gasteiger partial charge in [0, 0.05) is 24.4 Å². The van der Waals surface area contributed by atoms with Crippen molar-refractivity contribution < 1.29 is 9.47 Å². The Labute approximate surface area is 103 Å². The molecule has 0 aromatic heterocycles. The zero-order chi connectivity index (χ0) is 12.1. The molecule has 1 heterocycles. The molecule has 2 atom stereocenters. The third kappa shape index (κ3) is 3.63. The van der Waals surface area contributed by atoms with Gasteiger partial charge in [0.05, 0.1) is 12.7 Å². The topological polar surface area (TPSA) is 30.5 Å². The van der Waals surface area contributed by atoms with Gasteiger partial charge in [0.2, 0.25) is 0 Å². The van der Waals surface area contributed by atoms with Gasteiger partial charge in [0.15, 0.2) is 0 Å². The fourth-order valence-electron chi connectivity index (χ4n) is 2.21. The molecule has 0 saturated carbocycles. The van der Waals surface area contributed by atoms with E-state index in [1.165, 1.54) is 0 Å². The highest BCUT2D eigenvalue weighted by Crippen LogP contribution is 2.22. The zero-order valence-electron chi connectivity index (χ0n) is 10.6. The summed E-state index contributed by atoms with van der Waals surface area (Å²) in [4.78, 5) is 0. The van der Waals surface area contributed by atoms with Crippen molar-refractivity contribution in [2.45, 2.75) is 38.8 Å². The van der Waals surface area contributed by atoms with Gasteiger partial charge in [-0.05, 0) is 38.8 Å². The van der Waals surface area contributed by atoms with E-state index >= 15 is 0 Å². The van der Waals surface area contributed by atoms with E-state index in [4.69, 9.17) is 9.47 Å². The Balaban J connectivity index is 1.95. The van der Waals surface area contributed by atoms with Crippen molar-refractivity contribution in [3.63, 3.8) is 0 Å². The second-order valence-corrected chi connectivity index (χ2v) is 4.51. The maximum absolute atomic E-state index is 5.54. The molecule has 1 fully saturated rings. The van der Waals surface area contributed by atoms with Crippen LogP contribution in [-0.2, 0) is 4.74 Å². The normalized spacial score (nSPS) is 24.4. The molecular formula is C14H21NO2. The number of ether oxygens (including phenoxy) is 2. The number of hydrogen-bond donors (Lipinski definition) is 1. The Kier molecular flexibility index (Phi) is 4.26. The lowest BCUT2D eigenvalue weighted by Crippen LogP contribution is -2.32. The first kappa shape index (κ1) is 12.2. The standard InChI is InChI=1S/C14H21NO2/c1-3-16-14-6-4-5-12(10-14)15-13-7-8-17-11(2)9-13/h4-6,10-11,13,15H,3,7-9H2,1-2H3. The van der Waals surface area contributed by atoms with Gasteiger partial charge in [-0.25, -0.2) is 0 Å². The Morgan fingerprint density at radius 1 is 1.47 bits per heavy atom. The number of rotatable bonds is 4. The molecule has 1 saturated heterocycles. The minimum atomic E-state index is 0.358. The smallest absolute Gasteiger partial charge is 0.121 e. The molecular weight excluding hydrogens is 214 g/mol. The van der Waals surface area contributed by atoms with Gasteiger partial charge < -0.3 is 14.8 Å². The lowest BCUT2D eigenvalue weighted by atomic mass is 10.0. The minimum absolute atomic E-state index is 0.358. The lowest BCUT2D eigenvalue weighted by Gasteiger charge is -2.28. The summed E-state index contributed by atoms with van der Waals surface area (Å²) in [7, 11) is 0. The quantitative estimate of drug-likeness (QED) is 0.870. The first-order valence-corrected chi connectivity index (χ1v) is 6.39. The van der Waals surface area contributed by atoms with Crippen LogP contribution in [0.25, 0.3) is 0 Å². The number of hydrogen-bond acceptors (Lipinski definition) is 3. The summed E-state index contributed by atoms with van der Waals surface area (Å²) >= 11 is 0. The van der Waals surface area contributed by atoms with Crippen molar-refractivity contribution in [1.29, 1.82) is 0 Å². The summed E-state index contributed by atoms with van der Waals surface area (Å²) in [5.74, 6) is 0.928. The Morgan fingerprint density at radius 3 is 3.12 bits per heavy atom. The molecule has 0 amide bonds. The fraction of sp³-hybridized carbons (Fsp3) is 0.571. The summed E-state index contributed by atoms with van der Waals surface area (Å²) in [6.07, 6.45) is 2.50. The molecule has 1 aromatic carbocycles. The molecule has 1 aromatic rings. The van der Waals surface area contributed by atoms with Gasteiger partial charge in [0.1, 0.15) is 5.75 Å². The van der Waals surface area contributed by atoms with E-state index in [1.54, 1.807) is 0 Å². The van der Waals surface area contributed by atoms with Crippen molar-refractivity contribution in [3.05, 3.63) is 24.3 Å². The molecule has 3 nitrogen and oxygen atoms in total. The predicted octanol–water partition coefficient (Wildman–Crippen LogP) is 3.06. The van der Waals surface area contributed by atoms with Crippen LogP contribution in [0, 0.1) is 0 Å². The van der Waals surface area contributed by atoms with Crippen LogP contribution in [0.3, 0.4) is 0 Å². The van der Waals surface area contributed by atoms with E-state index in [0.29, 0.717) is 18.8 Å². The predicted molar refractivity (Wildman–Crippen MR) is 69.7 cm³/mol. The monoisotopic (exact) mass is 235 g/mol. The summed E-state index contributed by atoms with van der Waals surface area (Å²) in [6, 6.07) is 8.67. The maximum Gasteiger partial charge on any atom is 0.121 e. The number of benzene rings is 1. The molecule has 1 aliphatic heterocycles. The van der Waals surface area contributed by atoms with Crippen molar-refractivity contribution in [1.82, 2.24) is 0 Å². The molecule has 0 bridgehead atoms. The highest BCUT2D eigenvalue weighted by atomic mass is 16.5. The molecule has 0 spiro atoms. The van der Waals surface area contributed by atoms with Gasteiger partial charge >= 0.3 is 0 Å². The van der Waals surface area contributed by atoms with Crippen LogP contribution >= 0.6 is 0 Å². The molecule has 3 heteroatoms. The summed E-state index contributed by atoms with van der Waals surface area (Å²) < 4.78 is 11.0. The third-order valence-electron chi connectivity index (χ3n) is 3.00. The van der Waals surface area contributed by atoms with Gasteiger partial charge in [0.25, 0.3) is 0 Å². The van der Waals surface area contributed by atoms with Gasteiger partial charge in [-0.1, -0.05) is 6.07 Å². The van der Waals surface area contributed by atoms with Crippen molar-refractivity contribution in [3.8, 4) is 5.75 Å². The average molecular weight is 235 g/mol. The molecule has 1 N–H and O–H groups in total. The van der Waals surface area contributed by atoms with Gasteiger partial charge in [-0.15, -0.1) is 0 Å². The lowest BCUT2D eigenvalue weighted by molar-refractivity contribution is 0.0232. The zero-order valence-corrected chi connectivity index (χ0v) is 10.6. The first-order chi connectivity index (χ1) is 8.28. The van der Waals surface area contributed by atoms with E-state index < -0.39 is 0 Å². The number of nitrogens with one attached hydrogen (secondary N) is 1. The maximum atomic E-state index is 5.54. The molecule has 2 unspecified atom stereocenters. The van der Waals surface area contributed by atoms with Crippen LogP contribution < -0.4 is 10.1 Å². The molecule has 2 rings (SSSR count). The Hall–Kier alpha value is -1.22. The van der Waals surface area contributed by atoms with Crippen molar-refractivity contribution in [2.24, 2.45) is 0 Å². The average Bonchev–Trinajstić information content (AvgIpc) is 2.30. The summed E-state index contributed by atoms with van der Waals surface area (Å²) in [6.45, 7) is 5.69. The van der Waals surface area contributed by atoms with Crippen LogP contribution in [0.5, 0.6) is 5.75 Å². The molecule has 0 aliphatic carbocycles. The number of anilines is 1. The summed E-state index contributed by atoms with van der Waals surface area (Å²) in [5.41, 5.74) is 1.13. The highest BCUT2D eigenvalue weighted by molar-refractivity contribution is 5.48. The van der Waals surface area contributed by atoms with Crippen LogP contribution in [0.4, 0.5) is 5.69 Å². The Bertz CT molecular complexity index is 354. The highest BCUT2D eigenvalue weighted by Gasteiger charge is 2.18. The van der Waals surface area contributed by atoms with E-state index in [1.807, 2.05) is 19.1 Å². The van der Waals surface area contributed by atoms with Gasteiger partial charge in [-0.3, -0.25) is 0 Å². The van der Waals surface area contributed by atoms with Crippen LogP contribution in [0.2, 0.25) is 0 Å². The van der Waals surface area contributed by atoms with E-state index in [-0.39, 0.29) is 0 Å². The third-order valence-corrected chi connectivity index (χ3v) is 3.00. The fourth-order valence-corrected chi connectivity index (χ4v) is 2.21. The summed E-state index contributed by atoms with van der Waals surface area (Å²) in [5, 5.41) is 3.55. The molecule has 1 aliphatic rings. The second-order valence-electron chi connectivity index (χ2n) is 4.51. The van der Waals surface area contributed by atoms with Crippen molar-refractivity contribution in [2.75, 3.05) is 18.5 Å². The van der Waals surface area contributed by atoms with E-state index in [0.717, 1.165) is 30.9 Å². The van der Waals surface area contributed by atoms with E-state index in [9.17, 15) is 0 Å². The van der Waals surface area contributed by atoms with Crippen molar-refractivity contribution >= 4 is 5.69 Å². The van der Waals surface area contributed by atoms with E-state index in [2.05, 4.69) is 24.4 Å². The molecule has 94 valence electrons. The van der Waals surface area contributed by atoms with Crippen LogP contribution in [0.1, 0.15) is 26.7 Å². The SMILES string of the molecule is CCOc1cccc(NC2CCOC(C)C2)c1. The largest absolute Gasteiger partial charge is 0.494 e. The Morgan fingerprint density at radius 2 is 2.35 bits per heavy atom. The van der Waals surface area contributed by atoms with Gasteiger partial charge in [-0.2, -0.15) is 0 Å². The minimum Gasteiger partial charge on any atom is -0.494 e. The van der Waals surface area contributed by atoms with Crippen LogP contribution in [0.15, 0.2) is 24.3 Å². The first-order valence-electron chi connectivity index (χ1n) is 6.39. The van der Waals surface area contributed by atoms with Crippen LogP contribution in [-0.4, -0.2) is 25.4 Å². The second kappa shape index (κ2) is 5.92. The molecule has 17 heavy (non-hydrogen) atoms. The molecule has 0 radical (unpaired) electrons.